The summed E-state index contributed by atoms with van der Waals surface area (Å²) in [5.41, 5.74) is -0.508. The monoisotopic (exact) mass is 297 g/mol. The maximum atomic E-state index is 13.7. The first kappa shape index (κ1) is 16.4. The number of aliphatic hydroxyl groups is 1. The molecule has 0 aliphatic carbocycles. The van der Waals surface area contributed by atoms with Crippen LogP contribution in [0.25, 0.3) is 0 Å². The van der Waals surface area contributed by atoms with Gasteiger partial charge in [0.1, 0.15) is 11.6 Å². The number of aliphatic hydroxyl groups excluding tert-OH is 1. The first-order chi connectivity index (χ1) is 9.93. The largest absolute Gasteiger partial charge is 0.391 e. The second-order valence-corrected chi connectivity index (χ2v) is 6.48. The van der Waals surface area contributed by atoms with Gasteiger partial charge in [-0.2, -0.15) is 0 Å². The molecule has 2 rings (SSSR count). The van der Waals surface area contributed by atoms with E-state index in [4.69, 9.17) is 0 Å². The van der Waals surface area contributed by atoms with E-state index >= 15 is 0 Å². The zero-order chi connectivity index (χ0) is 15.5. The van der Waals surface area contributed by atoms with Crippen LogP contribution in [-0.2, 0) is 6.42 Å². The Morgan fingerprint density at radius 1 is 1.10 bits per heavy atom. The molecule has 0 aromatic heterocycles. The zero-order valence-corrected chi connectivity index (χ0v) is 12.9. The summed E-state index contributed by atoms with van der Waals surface area (Å²) in [6, 6.07) is 3.83. The van der Waals surface area contributed by atoms with Gasteiger partial charge in [0.2, 0.25) is 0 Å². The molecule has 0 spiro atoms. The lowest BCUT2D eigenvalue weighted by molar-refractivity contribution is -0.00865. The van der Waals surface area contributed by atoms with E-state index in [1.807, 2.05) is 13.8 Å². The summed E-state index contributed by atoms with van der Waals surface area (Å²) in [5.74, 6) is -1.17. The molecule has 2 nitrogen and oxygen atoms in total. The Kier molecular flexibility index (Phi) is 5.33. The minimum Gasteiger partial charge on any atom is -0.391 e. The third-order valence-corrected chi connectivity index (χ3v) is 4.70. The maximum Gasteiger partial charge on any atom is 0.129 e. The number of likely N-dealkylation sites (tertiary alicyclic amines) is 1. The van der Waals surface area contributed by atoms with Crippen molar-refractivity contribution in [1.82, 2.24) is 4.90 Å². The van der Waals surface area contributed by atoms with Crippen LogP contribution in [0.5, 0.6) is 0 Å². The highest BCUT2D eigenvalue weighted by molar-refractivity contribution is 5.21. The van der Waals surface area contributed by atoms with Crippen LogP contribution in [0.1, 0.15) is 45.1 Å². The highest BCUT2D eigenvalue weighted by Crippen LogP contribution is 2.26. The maximum absolute atomic E-state index is 13.7. The van der Waals surface area contributed by atoms with Gasteiger partial charge in [0.05, 0.1) is 6.10 Å². The number of rotatable bonds is 4. The summed E-state index contributed by atoms with van der Waals surface area (Å²) in [7, 11) is 0. The Labute approximate surface area is 125 Å². The van der Waals surface area contributed by atoms with Gasteiger partial charge in [-0.05, 0) is 51.9 Å². The van der Waals surface area contributed by atoms with E-state index in [2.05, 4.69) is 4.90 Å². The van der Waals surface area contributed by atoms with Gasteiger partial charge in [-0.15, -0.1) is 0 Å². The smallest absolute Gasteiger partial charge is 0.129 e. The molecule has 118 valence electrons. The fourth-order valence-corrected chi connectivity index (χ4v) is 3.03. The third kappa shape index (κ3) is 3.80. The van der Waals surface area contributed by atoms with Gasteiger partial charge in [-0.1, -0.05) is 18.9 Å². The number of benzene rings is 1. The van der Waals surface area contributed by atoms with Crippen LogP contribution < -0.4 is 0 Å². The van der Waals surface area contributed by atoms with E-state index in [9.17, 15) is 13.9 Å². The molecule has 1 saturated heterocycles. The molecule has 1 aliphatic heterocycles. The third-order valence-electron chi connectivity index (χ3n) is 4.70. The molecule has 1 aliphatic rings. The van der Waals surface area contributed by atoms with Crippen molar-refractivity contribution in [3.63, 3.8) is 0 Å². The molecule has 0 bridgehead atoms. The minimum absolute atomic E-state index is 0.00199. The zero-order valence-electron chi connectivity index (χ0n) is 12.9. The van der Waals surface area contributed by atoms with Crippen LogP contribution in [0, 0.1) is 11.6 Å². The van der Waals surface area contributed by atoms with Crippen molar-refractivity contribution in [2.75, 3.05) is 13.1 Å². The van der Waals surface area contributed by atoms with E-state index in [0.29, 0.717) is 0 Å². The molecule has 1 fully saturated rings. The lowest BCUT2D eigenvalue weighted by Gasteiger charge is -2.41. The van der Waals surface area contributed by atoms with Crippen molar-refractivity contribution >= 4 is 0 Å². The van der Waals surface area contributed by atoms with Gasteiger partial charge in [0, 0.05) is 17.5 Å². The molecule has 21 heavy (non-hydrogen) atoms. The standard InChI is InChI=1S/C17H25F2NO/c1-17(2,20-10-5-3-4-6-11-20)16(21)12-13-14(18)8-7-9-15(13)19/h7-9,16,21H,3-6,10-12H2,1-2H3. The summed E-state index contributed by atoms with van der Waals surface area (Å²) in [6.07, 6.45) is 3.85. The molecule has 4 heteroatoms. The first-order valence-corrected chi connectivity index (χ1v) is 7.79. The van der Waals surface area contributed by atoms with Gasteiger partial charge in [-0.3, -0.25) is 4.90 Å². The van der Waals surface area contributed by atoms with Crippen LogP contribution in [-0.4, -0.2) is 34.7 Å². The number of hydrogen-bond acceptors (Lipinski definition) is 2. The fourth-order valence-electron chi connectivity index (χ4n) is 3.03. The van der Waals surface area contributed by atoms with Crippen molar-refractivity contribution in [3.8, 4) is 0 Å². The topological polar surface area (TPSA) is 23.5 Å². The highest BCUT2D eigenvalue weighted by atomic mass is 19.1. The van der Waals surface area contributed by atoms with Crippen molar-refractivity contribution in [3.05, 3.63) is 35.4 Å². The second-order valence-electron chi connectivity index (χ2n) is 6.48. The first-order valence-electron chi connectivity index (χ1n) is 7.79. The molecule has 1 aromatic carbocycles. The van der Waals surface area contributed by atoms with E-state index < -0.39 is 23.3 Å². The average molecular weight is 297 g/mol. The van der Waals surface area contributed by atoms with Crippen LogP contribution in [0.2, 0.25) is 0 Å². The van der Waals surface area contributed by atoms with Crippen molar-refractivity contribution in [1.29, 1.82) is 0 Å². The molecule has 0 amide bonds. The van der Waals surface area contributed by atoms with Crippen molar-refractivity contribution in [2.24, 2.45) is 0 Å². The molecule has 1 atom stereocenters. The Balaban J connectivity index is 2.12. The molecule has 0 saturated carbocycles. The molecule has 1 N–H and O–H groups in total. The van der Waals surface area contributed by atoms with Crippen LogP contribution in [0.15, 0.2) is 18.2 Å². The van der Waals surface area contributed by atoms with E-state index in [1.165, 1.54) is 31.0 Å². The van der Waals surface area contributed by atoms with Gasteiger partial charge < -0.3 is 5.11 Å². The fraction of sp³-hybridized carbons (Fsp3) is 0.647. The van der Waals surface area contributed by atoms with E-state index in [-0.39, 0.29) is 12.0 Å². The SMILES string of the molecule is CC(C)(C(O)Cc1c(F)cccc1F)N1CCCCCC1. The average Bonchev–Trinajstić information content (AvgIpc) is 2.72. The van der Waals surface area contributed by atoms with Crippen molar-refractivity contribution in [2.45, 2.75) is 57.6 Å². The predicted octanol–water partition coefficient (Wildman–Crippen LogP) is 3.52. The molecule has 1 unspecified atom stereocenters. The quantitative estimate of drug-likeness (QED) is 0.919. The summed E-state index contributed by atoms with van der Waals surface area (Å²) < 4.78 is 27.5. The van der Waals surface area contributed by atoms with Crippen molar-refractivity contribution < 1.29 is 13.9 Å². The Morgan fingerprint density at radius 3 is 2.14 bits per heavy atom. The Bertz CT molecular complexity index is 448. The molecular formula is C17H25F2NO. The molecule has 1 aromatic rings. The molecular weight excluding hydrogens is 272 g/mol. The van der Waals surface area contributed by atoms with Gasteiger partial charge >= 0.3 is 0 Å². The van der Waals surface area contributed by atoms with Crippen LogP contribution in [0.4, 0.5) is 8.78 Å². The lowest BCUT2D eigenvalue weighted by atomic mass is 9.89. The molecule has 0 radical (unpaired) electrons. The summed E-state index contributed by atoms with van der Waals surface area (Å²) in [5, 5.41) is 10.5. The van der Waals surface area contributed by atoms with Crippen LogP contribution in [0.3, 0.4) is 0 Å². The van der Waals surface area contributed by atoms with E-state index in [0.717, 1.165) is 25.9 Å². The summed E-state index contributed by atoms with van der Waals surface area (Å²) in [4.78, 5) is 2.25. The van der Waals surface area contributed by atoms with Crippen LogP contribution >= 0.6 is 0 Å². The minimum atomic E-state index is -0.804. The number of nitrogens with zero attached hydrogens (tertiary/aromatic N) is 1. The normalized spacial score (nSPS) is 19.3. The van der Waals surface area contributed by atoms with Gasteiger partial charge in [0.15, 0.2) is 0 Å². The second kappa shape index (κ2) is 6.84. The van der Waals surface area contributed by atoms with E-state index in [1.54, 1.807) is 0 Å². The summed E-state index contributed by atoms with van der Waals surface area (Å²) in [6.45, 7) is 5.79. The number of hydrogen-bond donors (Lipinski definition) is 1. The Morgan fingerprint density at radius 2 is 1.62 bits per heavy atom. The molecule has 1 heterocycles. The van der Waals surface area contributed by atoms with Gasteiger partial charge in [-0.25, -0.2) is 8.78 Å². The highest BCUT2D eigenvalue weighted by Gasteiger charge is 2.35. The Hall–Kier alpha value is -1.00. The lowest BCUT2D eigenvalue weighted by Crippen LogP contribution is -2.53. The number of halogens is 2. The van der Waals surface area contributed by atoms with Gasteiger partial charge in [0.25, 0.3) is 0 Å². The summed E-state index contributed by atoms with van der Waals surface area (Å²) >= 11 is 0. The predicted molar refractivity (Wildman–Crippen MR) is 80.2 cm³/mol.